The van der Waals surface area contributed by atoms with Crippen molar-refractivity contribution in [3.63, 3.8) is 0 Å². The Balaban J connectivity index is 2.19. The number of halogens is 3. The third kappa shape index (κ3) is 9.25. The second-order valence-corrected chi connectivity index (χ2v) is 12.7. The number of amides is 2. The van der Waals surface area contributed by atoms with Gasteiger partial charge in [-0.15, -0.1) is 0 Å². The normalized spacial score (nSPS) is 12.3. The zero-order valence-electron chi connectivity index (χ0n) is 20.8. The van der Waals surface area contributed by atoms with Gasteiger partial charge in [0, 0.05) is 35.6 Å². The van der Waals surface area contributed by atoms with Gasteiger partial charge in [-0.25, -0.2) is 8.42 Å². The minimum absolute atomic E-state index is 0.0310. The average molecular weight is 621 g/mol. The molecule has 0 fully saturated rings. The molecule has 2 amide bonds. The van der Waals surface area contributed by atoms with E-state index in [1.165, 1.54) is 17.0 Å². The predicted octanol–water partition coefficient (Wildman–Crippen LogP) is 5.49. The molecule has 36 heavy (non-hydrogen) atoms. The van der Waals surface area contributed by atoms with Gasteiger partial charge in [0.15, 0.2) is 0 Å². The van der Waals surface area contributed by atoms with Crippen LogP contribution in [0.1, 0.15) is 39.2 Å². The lowest BCUT2D eigenvalue weighted by atomic mass is 10.1. The highest BCUT2D eigenvalue weighted by Gasteiger charge is 2.27. The number of hydrogen-bond acceptors (Lipinski definition) is 4. The molecule has 0 heterocycles. The zero-order chi connectivity index (χ0) is 27.0. The fourth-order valence-electron chi connectivity index (χ4n) is 3.53. The molecule has 0 aromatic heterocycles. The van der Waals surface area contributed by atoms with Gasteiger partial charge in [0.05, 0.1) is 17.0 Å². The number of carbonyl (C=O) groups excluding carboxylic acids is 2. The standard InChI is InChI=1S/C25H32BrCl2N3O4S/c1-17(2)15-29-25(33)18(3)30(16-19-7-5-8-20(26)13-19)24(32)9-6-12-31(36(4,34)35)23-14-21(27)10-11-22(23)28/h5,7-8,10-11,13-14,17-18H,6,9,12,15-16H2,1-4H3,(H,29,33). The summed E-state index contributed by atoms with van der Waals surface area (Å²) in [4.78, 5) is 27.6. The smallest absolute Gasteiger partial charge is 0.242 e. The molecule has 0 saturated carbocycles. The van der Waals surface area contributed by atoms with Gasteiger partial charge in [-0.2, -0.15) is 0 Å². The molecule has 1 atom stereocenters. The number of hydrogen-bond donors (Lipinski definition) is 1. The maximum absolute atomic E-state index is 13.3. The lowest BCUT2D eigenvalue weighted by Gasteiger charge is -2.30. The third-order valence-corrected chi connectivity index (χ3v) is 7.65. The molecule has 11 heteroatoms. The van der Waals surface area contributed by atoms with Crippen molar-refractivity contribution in [3.8, 4) is 0 Å². The number of nitrogens with zero attached hydrogens (tertiary/aromatic N) is 2. The summed E-state index contributed by atoms with van der Waals surface area (Å²) >= 11 is 15.7. The number of sulfonamides is 1. The Labute approximate surface area is 232 Å². The molecule has 2 aromatic carbocycles. The molecule has 2 aromatic rings. The predicted molar refractivity (Wildman–Crippen MR) is 150 cm³/mol. The minimum Gasteiger partial charge on any atom is -0.354 e. The number of carbonyl (C=O) groups is 2. The fourth-order valence-corrected chi connectivity index (χ4v) is 5.38. The number of anilines is 1. The maximum atomic E-state index is 13.3. The summed E-state index contributed by atoms with van der Waals surface area (Å²) in [7, 11) is -3.68. The van der Waals surface area contributed by atoms with Crippen molar-refractivity contribution in [3.05, 3.63) is 62.5 Å². The molecular formula is C25H32BrCl2N3O4S. The van der Waals surface area contributed by atoms with E-state index in [-0.39, 0.29) is 54.4 Å². The first-order valence-electron chi connectivity index (χ1n) is 11.5. The Morgan fingerprint density at radius 2 is 1.78 bits per heavy atom. The van der Waals surface area contributed by atoms with E-state index in [9.17, 15) is 18.0 Å². The van der Waals surface area contributed by atoms with Crippen LogP contribution in [0, 0.1) is 5.92 Å². The van der Waals surface area contributed by atoms with E-state index in [4.69, 9.17) is 23.2 Å². The average Bonchev–Trinajstić information content (AvgIpc) is 2.79. The molecule has 1 unspecified atom stereocenters. The highest BCUT2D eigenvalue weighted by Crippen LogP contribution is 2.31. The van der Waals surface area contributed by atoms with Crippen LogP contribution >= 0.6 is 39.1 Å². The van der Waals surface area contributed by atoms with Crippen LogP contribution in [0.4, 0.5) is 5.69 Å². The highest BCUT2D eigenvalue weighted by molar-refractivity contribution is 9.10. The molecule has 7 nitrogen and oxygen atoms in total. The van der Waals surface area contributed by atoms with Crippen molar-refractivity contribution in [2.75, 3.05) is 23.7 Å². The summed E-state index contributed by atoms with van der Waals surface area (Å²) in [6.07, 6.45) is 1.34. The summed E-state index contributed by atoms with van der Waals surface area (Å²) in [6.45, 7) is 6.46. The summed E-state index contributed by atoms with van der Waals surface area (Å²) in [6, 6.07) is 11.4. The van der Waals surface area contributed by atoms with Crippen molar-refractivity contribution >= 4 is 66.7 Å². The van der Waals surface area contributed by atoms with E-state index >= 15 is 0 Å². The first-order chi connectivity index (χ1) is 16.8. The monoisotopic (exact) mass is 619 g/mol. The minimum atomic E-state index is -3.68. The largest absolute Gasteiger partial charge is 0.354 e. The lowest BCUT2D eigenvalue weighted by molar-refractivity contribution is -0.140. The highest BCUT2D eigenvalue weighted by atomic mass is 79.9. The Hall–Kier alpha value is -1.81. The molecular weight excluding hydrogens is 589 g/mol. The zero-order valence-corrected chi connectivity index (χ0v) is 24.7. The van der Waals surface area contributed by atoms with Crippen molar-refractivity contribution in [1.82, 2.24) is 10.2 Å². The summed E-state index contributed by atoms with van der Waals surface area (Å²) < 4.78 is 27.0. The van der Waals surface area contributed by atoms with Gasteiger partial charge in [0.2, 0.25) is 21.8 Å². The molecule has 0 aliphatic heterocycles. The van der Waals surface area contributed by atoms with Crippen LogP contribution in [0.25, 0.3) is 0 Å². The van der Waals surface area contributed by atoms with Gasteiger partial charge in [-0.05, 0) is 55.2 Å². The Morgan fingerprint density at radius 1 is 1.08 bits per heavy atom. The van der Waals surface area contributed by atoms with Crippen molar-refractivity contribution in [1.29, 1.82) is 0 Å². The Kier molecular flexibility index (Phi) is 11.5. The SMILES string of the molecule is CC(C)CNC(=O)C(C)N(Cc1cccc(Br)c1)C(=O)CCCN(c1cc(Cl)ccc1Cl)S(C)(=O)=O. The quantitative estimate of drug-likeness (QED) is 0.340. The van der Waals surface area contributed by atoms with Crippen LogP contribution in [0.15, 0.2) is 46.9 Å². The van der Waals surface area contributed by atoms with Crippen molar-refractivity contribution < 1.29 is 18.0 Å². The van der Waals surface area contributed by atoms with Crippen molar-refractivity contribution in [2.45, 2.75) is 46.2 Å². The van der Waals surface area contributed by atoms with Crippen LogP contribution in [0.5, 0.6) is 0 Å². The van der Waals surface area contributed by atoms with E-state index in [2.05, 4.69) is 21.2 Å². The van der Waals surface area contributed by atoms with E-state index in [0.29, 0.717) is 11.6 Å². The maximum Gasteiger partial charge on any atom is 0.242 e. The van der Waals surface area contributed by atoms with E-state index in [1.54, 1.807) is 13.0 Å². The second-order valence-electron chi connectivity index (χ2n) is 9.00. The van der Waals surface area contributed by atoms with Gasteiger partial charge in [-0.3, -0.25) is 13.9 Å². The van der Waals surface area contributed by atoms with Crippen LogP contribution in [-0.4, -0.2) is 50.5 Å². The molecule has 0 saturated heterocycles. The van der Waals surface area contributed by atoms with E-state index < -0.39 is 16.1 Å². The van der Waals surface area contributed by atoms with Crippen LogP contribution < -0.4 is 9.62 Å². The number of benzene rings is 2. The molecule has 1 N–H and O–H groups in total. The summed E-state index contributed by atoms with van der Waals surface area (Å²) in [5.41, 5.74) is 1.12. The summed E-state index contributed by atoms with van der Waals surface area (Å²) in [5.74, 6) is -0.223. The Morgan fingerprint density at radius 3 is 2.39 bits per heavy atom. The van der Waals surface area contributed by atoms with Gasteiger partial charge in [-0.1, -0.05) is 65.1 Å². The third-order valence-electron chi connectivity index (χ3n) is 5.42. The molecule has 0 spiro atoms. The first kappa shape index (κ1) is 30.4. The molecule has 198 valence electrons. The topological polar surface area (TPSA) is 86.8 Å². The molecule has 2 rings (SSSR count). The summed E-state index contributed by atoms with van der Waals surface area (Å²) in [5, 5.41) is 3.47. The van der Waals surface area contributed by atoms with Gasteiger partial charge >= 0.3 is 0 Å². The van der Waals surface area contributed by atoms with Gasteiger partial charge in [0.25, 0.3) is 0 Å². The van der Waals surface area contributed by atoms with E-state index in [1.807, 2.05) is 38.1 Å². The molecule has 0 bridgehead atoms. The molecule has 0 aliphatic carbocycles. The first-order valence-corrected chi connectivity index (χ1v) is 14.9. The van der Waals surface area contributed by atoms with Gasteiger partial charge < -0.3 is 10.2 Å². The van der Waals surface area contributed by atoms with Gasteiger partial charge in [0.1, 0.15) is 6.04 Å². The molecule has 0 aliphatic rings. The van der Waals surface area contributed by atoms with E-state index in [0.717, 1.165) is 20.6 Å². The van der Waals surface area contributed by atoms with Crippen LogP contribution in [0.2, 0.25) is 10.0 Å². The number of nitrogens with one attached hydrogen (secondary N) is 1. The lowest BCUT2D eigenvalue weighted by Crippen LogP contribution is -2.48. The molecule has 0 radical (unpaired) electrons. The van der Waals surface area contributed by atoms with Crippen LogP contribution in [-0.2, 0) is 26.2 Å². The van der Waals surface area contributed by atoms with Crippen LogP contribution in [0.3, 0.4) is 0 Å². The van der Waals surface area contributed by atoms with Crippen molar-refractivity contribution in [2.24, 2.45) is 5.92 Å². The fraction of sp³-hybridized carbons (Fsp3) is 0.440. The number of rotatable bonds is 12. The second kappa shape index (κ2) is 13.7. The Bertz CT molecular complexity index is 1180.